The number of hydrogen-bond donors (Lipinski definition) is 1. The van der Waals surface area contributed by atoms with Crippen molar-refractivity contribution in [2.45, 2.75) is 32.1 Å². The number of nitrogens with zero attached hydrogens (tertiary/aromatic N) is 2. The van der Waals surface area contributed by atoms with Gasteiger partial charge in [0.2, 0.25) is 5.91 Å². The third-order valence-corrected chi connectivity index (χ3v) is 6.35. The molecule has 1 aromatic rings. The fourth-order valence-electron chi connectivity index (χ4n) is 3.95. The standard InChI is InChI=1S/C19H26Cl2N2O2/c20-16-4-3-15(11-17(16)21)12-18(25)23-9-5-19(14-24,6-10-23)13-22-7-1-2-8-22/h3-4,11,24H,1-2,5-10,12-14H2. The van der Waals surface area contributed by atoms with E-state index in [1.165, 1.54) is 12.8 Å². The van der Waals surface area contributed by atoms with Crippen LogP contribution < -0.4 is 0 Å². The van der Waals surface area contributed by atoms with Gasteiger partial charge < -0.3 is 14.9 Å². The number of carbonyl (C=O) groups excluding carboxylic acids is 1. The van der Waals surface area contributed by atoms with Crippen molar-refractivity contribution in [3.63, 3.8) is 0 Å². The second-order valence-corrected chi connectivity index (χ2v) is 8.26. The van der Waals surface area contributed by atoms with Crippen LogP contribution in [0.15, 0.2) is 18.2 Å². The van der Waals surface area contributed by atoms with Gasteiger partial charge in [0.15, 0.2) is 0 Å². The average Bonchev–Trinajstić information content (AvgIpc) is 3.11. The zero-order valence-corrected chi connectivity index (χ0v) is 16.0. The van der Waals surface area contributed by atoms with Crippen LogP contribution in [0.5, 0.6) is 0 Å². The lowest BCUT2D eigenvalue weighted by Crippen LogP contribution is -2.49. The lowest BCUT2D eigenvalue weighted by atomic mass is 9.78. The van der Waals surface area contributed by atoms with E-state index in [0.29, 0.717) is 29.6 Å². The third-order valence-electron chi connectivity index (χ3n) is 5.61. The predicted molar refractivity (Wildman–Crippen MR) is 101 cm³/mol. The summed E-state index contributed by atoms with van der Waals surface area (Å²) in [5, 5.41) is 10.9. The van der Waals surface area contributed by atoms with Gasteiger partial charge in [-0.05, 0) is 56.5 Å². The maximum atomic E-state index is 12.6. The maximum absolute atomic E-state index is 12.6. The fourth-order valence-corrected chi connectivity index (χ4v) is 4.27. The lowest BCUT2D eigenvalue weighted by molar-refractivity contribution is -0.133. The molecule has 1 amide bonds. The molecule has 2 heterocycles. The van der Waals surface area contributed by atoms with Gasteiger partial charge in [0.05, 0.1) is 23.1 Å². The molecule has 2 aliphatic heterocycles. The predicted octanol–water partition coefficient (Wildman–Crippen LogP) is 3.23. The molecule has 4 nitrogen and oxygen atoms in total. The fraction of sp³-hybridized carbons (Fsp3) is 0.632. The van der Waals surface area contributed by atoms with Gasteiger partial charge in [-0.2, -0.15) is 0 Å². The Morgan fingerprint density at radius 3 is 2.36 bits per heavy atom. The van der Waals surface area contributed by atoms with Gasteiger partial charge in [0.25, 0.3) is 0 Å². The molecule has 3 rings (SSSR count). The molecule has 1 aromatic carbocycles. The SMILES string of the molecule is O=C(Cc1ccc(Cl)c(Cl)c1)N1CCC(CO)(CN2CCCC2)CC1. The van der Waals surface area contributed by atoms with Gasteiger partial charge in [-0.3, -0.25) is 4.79 Å². The zero-order chi connectivity index (χ0) is 17.9. The molecule has 2 aliphatic rings. The van der Waals surface area contributed by atoms with Crippen LogP contribution in [0.3, 0.4) is 0 Å². The number of aliphatic hydroxyl groups excluding tert-OH is 1. The van der Waals surface area contributed by atoms with Crippen molar-refractivity contribution < 1.29 is 9.90 Å². The Balaban J connectivity index is 1.55. The lowest BCUT2D eigenvalue weighted by Gasteiger charge is -2.42. The van der Waals surface area contributed by atoms with Gasteiger partial charge in [-0.1, -0.05) is 29.3 Å². The zero-order valence-electron chi connectivity index (χ0n) is 14.5. The smallest absolute Gasteiger partial charge is 0.226 e. The molecule has 138 valence electrons. The van der Waals surface area contributed by atoms with Crippen LogP contribution in [0.4, 0.5) is 0 Å². The van der Waals surface area contributed by atoms with Crippen LogP contribution >= 0.6 is 23.2 Å². The Hall–Kier alpha value is -0.810. The van der Waals surface area contributed by atoms with Gasteiger partial charge in [-0.15, -0.1) is 0 Å². The highest BCUT2D eigenvalue weighted by molar-refractivity contribution is 6.42. The highest BCUT2D eigenvalue weighted by Gasteiger charge is 2.37. The van der Waals surface area contributed by atoms with Crippen LogP contribution in [-0.4, -0.2) is 60.1 Å². The summed E-state index contributed by atoms with van der Waals surface area (Å²) in [5.41, 5.74) is 0.834. The molecule has 0 spiro atoms. The first-order valence-electron chi connectivity index (χ1n) is 9.06. The second-order valence-electron chi connectivity index (χ2n) is 7.45. The van der Waals surface area contributed by atoms with Crippen LogP contribution in [0, 0.1) is 5.41 Å². The third kappa shape index (κ3) is 4.68. The van der Waals surface area contributed by atoms with Crippen LogP contribution in [0.2, 0.25) is 10.0 Å². The number of hydrogen-bond acceptors (Lipinski definition) is 3. The van der Waals surface area contributed by atoms with E-state index in [0.717, 1.165) is 38.0 Å². The van der Waals surface area contributed by atoms with Gasteiger partial charge in [-0.25, -0.2) is 0 Å². The molecule has 0 saturated carbocycles. The van der Waals surface area contributed by atoms with E-state index in [1.807, 2.05) is 11.0 Å². The second kappa shape index (κ2) is 8.26. The molecule has 25 heavy (non-hydrogen) atoms. The first-order valence-corrected chi connectivity index (χ1v) is 9.82. The summed E-state index contributed by atoms with van der Waals surface area (Å²) in [6.45, 7) is 4.88. The molecule has 2 saturated heterocycles. The number of piperidine rings is 1. The molecule has 0 aromatic heterocycles. The van der Waals surface area contributed by atoms with E-state index in [-0.39, 0.29) is 17.9 Å². The number of carbonyl (C=O) groups is 1. The Morgan fingerprint density at radius 1 is 1.08 bits per heavy atom. The van der Waals surface area contributed by atoms with Crippen molar-refractivity contribution in [1.29, 1.82) is 0 Å². The first-order chi connectivity index (χ1) is 12.0. The Kier molecular flexibility index (Phi) is 6.26. The van der Waals surface area contributed by atoms with Crippen molar-refractivity contribution in [3.8, 4) is 0 Å². The Bertz CT molecular complexity index is 609. The van der Waals surface area contributed by atoms with Crippen molar-refractivity contribution in [1.82, 2.24) is 9.80 Å². The topological polar surface area (TPSA) is 43.8 Å². The van der Waals surface area contributed by atoms with Crippen molar-refractivity contribution in [3.05, 3.63) is 33.8 Å². The minimum Gasteiger partial charge on any atom is -0.396 e. The number of halogens is 2. The van der Waals surface area contributed by atoms with E-state index in [1.54, 1.807) is 12.1 Å². The summed E-state index contributed by atoms with van der Waals surface area (Å²) in [7, 11) is 0. The van der Waals surface area contributed by atoms with Gasteiger partial charge >= 0.3 is 0 Å². The molecular formula is C19H26Cl2N2O2. The molecule has 0 radical (unpaired) electrons. The molecule has 0 aliphatic carbocycles. The van der Waals surface area contributed by atoms with Crippen molar-refractivity contribution in [2.75, 3.05) is 39.3 Å². The minimum absolute atomic E-state index is 0.0509. The first kappa shape index (κ1) is 19.0. The highest BCUT2D eigenvalue weighted by atomic mass is 35.5. The molecule has 0 bridgehead atoms. The maximum Gasteiger partial charge on any atom is 0.226 e. The van der Waals surface area contributed by atoms with Crippen molar-refractivity contribution >= 4 is 29.1 Å². The molecular weight excluding hydrogens is 359 g/mol. The summed E-state index contributed by atoms with van der Waals surface area (Å²) in [4.78, 5) is 17.0. The molecule has 0 unspecified atom stereocenters. The summed E-state index contributed by atoms with van der Waals surface area (Å²) in [6, 6.07) is 5.34. The van der Waals surface area contributed by atoms with Crippen LogP contribution in [0.25, 0.3) is 0 Å². The minimum atomic E-state index is -0.0509. The number of aliphatic hydroxyl groups is 1. The molecule has 2 fully saturated rings. The molecule has 6 heteroatoms. The Morgan fingerprint density at radius 2 is 1.76 bits per heavy atom. The van der Waals surface area contributed by atoms with Crippen LogP contribution in [-0.2, 0) is 11.2 Å². The largest absolute Gasteiger partial charge is 0.396 e. The molecule has 0 atom stereocenters. The van der Waals surface area contributed by atoms with Crippen LogP contribution in [0.1, 0.15) is 31.2 Å². The molecule has 1 N–H and O–H groups in total. The average molecular weight is 385 g/mol. The highest BCUT2D eigenvalue weighted by Crippen LogP contribution is 2.33. The van der Waals surface area contributed by atoms with E-state index in [9.17, 15) is 9.90 Å². The number of benzene rings is 1. The van der Waals surface area contributed by atoms with Gasteiger partial charge in [0, 0.05) is 25.0 Å². The quantitative estimate of drug-likeness (QED) is 0.847. The number of rotatable bonds is 5. The number of likely N-dealkylation sites (tertiary alicyclic amines) is 2. The Labute approximate surface area is 159 Å². The van der Waals surface area contributed by atoms with Gasteiger partial charge in [0.1, 0.15) is 0 Å². The van der Waals surface area contributed by atoms with E-state index in [2.05, 4.69) is 4.90 Å². The van der Waals surface area contributed by atoms with E-state index in [4.69, 9.17) is 23.2 Å². The number of amides is 1. The summed E-state index contributed by atoms with van der Waals surface area (Å²) in [6.07, 6.45) is 4.60. The van der Waals surface area contributed by atoms with E-state index < -0.39 is 0 Å². The summed E-state index contributed by atoms with van der Waals surface area (Å²) < 4.78 is 0. The summed E-state index contributed by atoms with van der Waals surface area (Å²) >= 11 is 12.0. The normalized spacial score (nSPS) is 20.8. The van der Waals surface area contributed by atoms with Crippen molar-refractivity contribution in [2.24, 2.45) is 5.41 Å². The summed E-state index contributed by atoms with van der Waals surface area (Å²) in [5.74, 6) is 0.117. The monoisotopic (exact) mass is 384 g/mol. The van der Waals surface area contributed by atoms with E-state index >= 15 is 0 Å².